The van der Waals surface area contributed by atoms with E-state index >= 15 is 0 Å². The number of halogens is 6. The zero-order chi connectivity index (χ0) is 13.4. The number of nitriles is 1. The van der Waals surface area contributed by atoms with Crippen molar-refractivity contribution in [2.45, 2.75) is 19.3 Å². The summed E-state index contributed by atoms with van der Waals surface area (Å²) < 4.78 is 74.5. The Morgan fingerprint density at radius 3 is 1.71 bits per heavy atom. The highest BCUT2D eigenvalue weighted by Gasteiger charge is 2.43. The van der Waals surface area contributed by atoms with Crippen LogP contribution in [0.3, 0.4) is 0 Å². The predicted molar refractivity (Wildman–Crippen MR) is 45.9 cm³/mol. The number of hydrogen-bond acceptors (Lipinski definition) is 1. The summed E-state index contributed by atoms with van der Waals surface area (Å²) in [6.07, 6.45) is -10.3. The highest BCUT2D eigenvalue weighted by molar-refractivity contribution is 5.46. The van der Waals surface area contributed by atoms with Crippen LogP contribution >= 0.6 is 0 Å². The van der Waals surface area contributed by atoms with Gasteiger partial charge in [-0.15, -0.1) is 0 Å². The predicted octanol–water partition coefficient (Wildman–Crippen LogP) is 3.90. The van der Waals surface area contributed by atoms with E-state index in [4.69, 9.17) is 5.26 Å². The lowest BCUT2D eigenvalue weighted by molar-refractivity contribution is -0.162. The Labute approximate surface area is 92.3 Å². The van der Waals surface area contributed by atoms with Gasteiger partial charge in [-0.3, -0.25) is 0 Å². The minimum Gasteiger partial charge on any atom is -0.192 e. The van der Waals surface area contributed by atoms with Crippen molar-refractivity contribution in [2.75, 3.05) is 0 Å². The second kappa shape index (κ2) is 3.95. The molecule has 1 aromatic rings. The molecule has 0 spiro atoms. The molecule has 0 radical (unpaired) electrons. The topological polar surface area (TPSA) is 23.8 Å². The summed E-state index contributed by atoms with van der Waals surface area (Å²) in [7, 11) is 0. The third-order valence-electron chi connectivity index (χ3n) is 2.10. The Hall–Kier alpha value is -1.71. The SMILES string of the molecule is Cc1cc(C(F)(F)F)c(C(F)(F)F)cc1C#N. The third-order valence-corrected chi connectivity index (χ3v) is 2.10. The van der Waals surface area contributed by atoms with E-state index in [0.717, 1.165) is 6.92 Å². The summed E-state index contributed by atoms with van der Waals surface area (Å²) in [5, 5.41) is 8.50. The molecule has 0 saturated carbocycles. The molecule has 1 rings (SSSR count). The summed E-state index contributed by atoms with van der Waals surface area (Å²) in [6.45, 7) is 1.15. The van der Waals surface area contributed by atoms with Crippen molar-refractivity contribution in [3.8, 4) is 6.07 Å². The highest BCUT2D eigenvalue weighted by atomic mass is 19.4. The van der Waals surface area contributed by atoms with E-state index in [-0.39, 0.29) is 11.6 Å². The smallest absolute Gasteiger partial charge is 0.192 e. The molecule has 0 aliphatic heterocycles. The van der Waals surface area contributed by atoms with Crippen molar-refractivity contribution in [3.05, 3.63) is 34.4 Å². The number of benzene rings is 1. The van der Waals surface area contributed by atoms with Crippen LogP contribution in [-0.2, 0) is 12.4 Å². The minimum absolute atomic E-state index is 0.146. The fraction of sp³-hybridized carbons (Fsp3) is 0.300. The standard InChI is InChI=1S/C10H5F6N/c1-5-2-7(9(11,12)13)8(10(14,15)16)3-6(5)4-17/h2-3H,1H3. The first-order valence-corrected chi connectivity index (χ1v) is 4.26. The maximum absolute atomic E-state index is 12.4. The van der Waals surface area contributed by atoms with Gasteiger partial charge in [-0.05, 0) is 24.6 Å². The lowest BCUT2D eigenvalue weighted by Gasteiger charge is -2.16. The molecule has 0 heterocycles. The Morgan fingerprint density at radius 1 is 0.941 bits per heavy atom. The zero-order valence-corrected chi connectivity index (χ0v) is 8.37. The fourth-order valence-corrected chi connectivity index (χ4v) is 1.30. The molecule has 1 nitrogen and oxygen atoms in total. The molecule has 0 atom stereocenters. The summed E-state index contributed by atoms with van der Waals surface area (Å²) in [6, 6.07) is 1.97. The largest absolute Gasteiger partial charge is 0.417 e. The van der Waals surface area contributed by atoms with Gasteiger partial charge in [-0.25, -0.2) is 0 Å². The first-order valence-electron chi connectivity index (χ1n) is 4.26. The van der Waals surface area contributed by atoms with E-state index in [0.29, 0.717) is 6.07 Å². The van der Waals surface area contributed by atoms with Gasteiger partial charge in [0, 0.05) is 0 Å². The van der Waals surface area contributed by atoms with Gasteiger partial charge in [0.1, 0.15) is 0 Å². The van der Waals surface area contributed by atoms with E-state index in [1.165, 1.54) is 6.07 Å². The van der Waals surface area contributed by atoms with Crippen molar-refractivity contribution in [2.24, 2.45) is 0 Å². The molecule has 0 fully saturated rings. The van der Waals surface area contributed by atoms with E-state index in [1.807, 2.05) is 0 Å². The molecule has 17 heavy (non-hydrogen) atoms. The van der Waals surface area contributed by atoms with Crippen molar-refractivity contribution >= 4 is 0 Å². The van der Waals surface area contributed by atoms with Crippen molar-refractivity contribution in [1.82, 2.24) is 0 Å². The molecule has 92 valence electrons. The van der Waals surface area contributed by atoms with Crippen molar-refractivity contribution in [3.63, 3.8) is 0 Å². The first kappa shape index (κ1) is 13.4. The van der Waals surface area contributed by atoms with E-state index in [2.05, 4.69) is 0 Å². The van der Waals surface area contributed by atoms with Crippen LogP contribution in [0.5, 0.6) is 0 Å². The Balaban J connectivity index is 3.61. The summed E-state index contributed by atoms with van der Waals surface area (Å²) in [4.78, 5) is 0. The van der Waals surface area contributed by atoms with Crippen molar-refractivity contribution in [1.29, 1.82) is 5.26 Å². The molecule has 0 unspecified atom stereocenters. The lowest BCUT2D eigenvalue weighted by Crippen LogP contribution is -2.17. The molecule has 0 aliphatic rings. The molecule has 0 aromatic heterocycles. The van der Waals surface area contributed by atoms with Gasteiger partial charge in [0.15, 0.2) is 0 Å². The number of aryl methyl sites for hydroxylation is 1. The van der Waals surface area contributed by atoms with Crippen LogP contribution < -0.4 is 0 Å². The normalized spacial score (nSPS) is 12.4. The second-order valence-electron chi connectivity index (χ2n) is 3.32. The van der Waals surface area contributed by atoms with Gasteiger partial charge in [0.25, 0.3) is 0 Å². The number of hydrogen-bond donors (Lipinski definition) is 0. The molecule has 0 saturated heterocycles. The average molecular weight is 253 g/mol. The summed E-state index contributed by atoms with van der Waals surface area (Å²) in [5.41, 5.74) is -4.19. The van der Waals surface area contributed by atoms with Gasteiger partial charge >= 0.3 is 12.4 Å². The van der Waals surface area contributed by atoms with E-state index < -0.39 is 29.0 Å². The van der Waals surface area contributed by atoms with Crippen LogP contribution in [0.2, 0.25) is 0 Å². The molecule has 1 aromatic carbocycles. The molecule has 0 N–H and O–H groups in total. The highest BCUT2D eigenvalue weighted by Crippen LogP contribution is 2.41. The van der Waals surface area contributed by atoms with Crippen LogP contribution in [0, 0.1) is 18.3 Å². The van der Waals surface area contributed by atoms with Gasteiger partial charge in [0.2, 0.25) is 0 Å². The van der Waals surface area contributed by atoms with Gasteiger partial charge in [0.05, 0.1) is 22.8 Å². The summed E-state index contributed by atoms with van der Waals surface area (Å²) in [5.74, 6) is 0. The number of nitrogens with zero attached hydrogens (tertiary/aromatic N) is 1. The zero-order valence-electron chi connectivity index (χ0n) is 8.37. The lowest BCUT2D eigenvalue weighted by atomic mass is 9.99. The maximum Gasteiger partial charge on any atom is 0.417 e. The number of alkyl halides is 6. The van der Waals surface area contributed by atoms with E-state index in [9.17, 15) is 26.3 Å². The molecule has 7 heteroatoms. The third kappa shape index (κ3) is 2.70. The van der Waals surface area contributed by atoms with Gasteiger partial charge in [-0.2, -0.15) is 31.6 Å². The minimum atomic E-state index is -5.15. The quantitative estimate of drug-likeness (QED) is 0.643. The molecule has 0 amide bonds. The number of rotatable bonds is 0. The fourth-order valence-electron chi connectivity index (χ4n) is 1.30. The molecule has 0 aliphatic carbocycles. The first-order chi connectivity index (χ1) is 7.57. The maximum atomic E-state index is 12.4. The summed E-state index contributed by atoms with van der Waals surface area (Å²) >= 11 is 0. The van der Waals surface area contributed by atoms with Crippen LogP contribution in [0.15, 0.2) is 12.1 Å². The van der Waals surface area contributed by atoms with Crippen LogP contribution in [0.1, 0.15) is 22.3 Å². The average Bonchev–Trinajstić information content (AvgIpc) is 2.14. The van der Waals surface area contributed by atoms with Gasteiger partial charge < -0.3 is 0 Å². The van der Waals surface area contributed by atoms with Crippen molar-refractivity contribution < 1.29 is 26.3 Å². The van der Waals surface area contributed by atoms with Crippen LogP contribution in [-0.4, -0.2) is 0 Å². The molecular formula is C10H5F6N. The van der Waals surface area contributed by atoms with Crippen LogP contribution in [0.4, 0.5) is 26.3 Å². The Kier molecular flexibility index (Phi) is 3.10. The molecule has 0 bridgehead atoms. The van der Waals surface area contributed by atoms with Gasteiger partial charge in [-0.1, -0.05) is 0 Å². The van der Waals surface area contributed by atoms with E-state index in [1.54, 1.807) is 0 Å². The second-order valence-corrected chi connectivity index (χ2v) is 3.32. The van der Waals surface area contributed by atoms with Crippen LogP contribution in [0.25, 0.3) is 0 Å². The Morgan fingerprint density at radius 2 is 1.35 bits per heavy atom. The monoisotopic (exact) mass is 253 g/mol. The molecular weight excluding hydrogens is 248 g/mol. The Bertz CT molecular complexity index is 477.